The van der Waals surface area contributed by atoms with Gasteiger partial charge in [-0.25, -0.2) is 37.1 Å². The van der Waals surface area contributed by atoms with Crippen molar-refractivity contribution in [2.75, 3.05) is 47.5 Å². The number of morpholine rings is 1. The number of sulfonamides is 1. The molecule has 0 amide bonds. The molecule has 1 unspecified atom stereocenters. The number of nitrogens with zero attached hydrogens (tertiary/aromatic N) is 5. The van der Waals surface area contributed by atoms with Crippen LogP contribution in [-0.4, -0.2) is 66.6 Å². The summed E-state index contributed by atoms with van der Waals surface area (Å²) < 4.78 is 75.0. The number of anilines is 3. The van der Waals surface area contributed by atoms with E-state index in [4.69, 9.17) is 10.5 Å². The van der Waals surface area contributed by atoms with E-state index in [-0.39, 0.29) is 46.6 Å². The lowest BCUT2D eigenvalue weighted by atomic mass is 10.1. The van der Waals surface area contributed by atoms with E-state index in [1.165, 1.54) is 30.5 Å². The number of nitrogens with two attached hydrogens (primary N) is 1. The first kappa shape index (κ1) is 27.5. The van der Waals surface area contributed by atoms with E-state index in [0.29, 0.717) is 36.6 Å². The highest BCUT2D eigenvalue weighted by atomic mass is 32.2. The molecule has 0 aliphatic carbocycles. The monoisotopic (exact) mass is 573 g/mol. The number of nitrogen functional groups attached to an aromatic ring is 1. The zero-order chi connectivity index (χ0) is 28.4. The number of rotatable bonds is 8. The van der Waals surface area contributed by atoms with Gasteiger partial charge in [-0.1, -0.05) is 6.07 Å². The van der Waals surface area contributed by atoms with Gasteiger partial charge in [0.2, 0.25) is 10.0 Å². The van der Waals surface area contributed by atoms with Crippen LogP contribution in [0.2, 0.25) is 0 Å². The van der Waals surface area contributed by atoms with Gasteiger partial charge in [0.25, 0.3) is 0 Å². The van der Waals surface area contributed by atoms with Gasteiger partial charge in [-0.3, -0.25) is 9.11 Å². The Morgan fingerprint density at radius 1 is 1.15 bits per heavy atom. The predicted octanol–water partition coefficient (Wildman–Crippen LogP) is 3.94. The lowest BCUT2D eigenvalue weighted by Gasteiger charge is -2.34. The summed E-state index contributed by atoms with van der Waals surface area (Å²) in [6.45, 7) is 2.48. The minimum Gasteiger partial charge on any atom is -0.384 e. The van der Waals surface area contributed by atoms with Crippen molar-refractivity contribution in [1.29, 1.82) is 0 Å². The molecule has 5 rings (SSSR count). The first-order chi connectivity index (χ1) is 19.2. The molecule has 1 saturated heterocycles. The zero-order valence-electron chi connectivity index (χ0n) is 21.4. The van der Waals surface area contributed by atoms with Gasteiger partial charge in [0.1, 0.15) is 17.2 Å². The molecular formula is C26H26F3N7O3S. The third-order valence-corrected chi connectivity index (χ3v) is 7.72. The molecule has 4 heterocycles. The Hall–Kier alpha value is -4.04. The summed E-state index contributed by atoms with van der Waals surface area (Å²) in [4.78, 5) is 19.7. The van der Waals surface area contributed by atoms with Crippen molar-refractivity contribution in [2.45, 2.75) is 19.4 Å². The Balaban J connectivity index is 1.63. The van der Waals surface area contributed by atoms with Gasteiger partial charge in [-0.05, 0) is 37.6 Å². The average molecular weight is 574 g/mol. The molecule has 0 saturated carbocycles. The van der Waals surface area contributed by atoms with Crippen LogP contribution >= 0.6 is 0 Å². The zero-order valence-corrected chi connectivity index (χ0v) is 22.3. The number of hydrogen-bond donors (Lipinski definition) is 2. The Morgan fingerprint density at radius 3 is 2.73 bits per heavy atom. The Bertz CT molecular complexity index is 1670. The number of pyridine rings is 2. The maximum absolute atomic E-state index is 15.5. The van der Waals surface area contributed by atoms with E-state index in [1.54, 1.807) is 6.07 Å². The third-order valence-electron chi connectivity index (χ3n) is 6.37. The van der Waals surface area contributed by atoms with Gasteiger partial charge < -0.3 is 15.4 Å². The first-order valence-corrected chi connectivity index (χ1v) is 14.1. The van der Waals surface area contributed by atoms with Crippen LogP contribution in [0.5, 0.6) is 0 Å². The molecule has 3 N–H and O–H groups in total. The van der Waals surface area contributed by atoms with Gasteiger partial charge in [-0.15, -0.1) is 0 Å². The highest BCUT2D eigenvalue weighted by Crippen LogP contribution is 2.33. The fraction of sp³-hybridized carbons (Fsp3) is 0.308. The fourth-order valence-electron chi connectivity index (χ4n) is 4.39. The van der Waals surface area contributed by atoms with Crippen LogP contribution in [0.4, 0.5) is 30.5 Å². The summed E-state index contributed by atoms with van der Waals surface area (Å²) in [5.74, 6) is -1.46. The predicted molar refractivity (Wildman–Crippen MR) is 146 cm³/mol. The summed E-state index contributed by atoms with van der Waals surface area (Å²) in [6.07, 6.45) is 1.06. The van der Waals surface area contributed by atoms with Crippen molar-refractivity contribution in [3.8, 4) is 22.6 Å². The molecule has 3 aromatic heterocycles. The van der Waals surface area contributed by atoms with E-state index < -0.39 is 34.1 Å². The largest absolute Gasteiger partial charge is 0.384 e. The van der Waals surface area contributed by atoms with E-state index in [2.05, 4.69) is 24.7 Å². The lowest BCUT2D eigenvalue weighted by molar-refractivity contribution is 0.0987. The summed E-state index contributed by atoms with van der Waals surface area (Å²) in [5, 5.41) is 0. The lowest BCUT2D eigenvalue weighted by Crippen LogP contribution is -2.44. The molecule has 0 radical (unpaired) electrons. The molecule has 4 aromatic rings. The Morgan fingerprint density at radius 2 is 1.98 bits per heavy atom. The summed E-state index contributed by atoms with van der Waals surface area (Å²) in [7, 11) is -3.95. The molecule has 10 nitrogen and oxygen atoms in total. The minimum atomic E-state index is -3.95. The number of fused-ring (bicyclic) bond motifs is 1. The van der Waals surface area contributed by atoms with Crippen molar-refractivity contribution in [2.24, 2.45) is 0 Å². The molecule has 1 aromatic carbocycles. The fourth-order valence-corrected chi connectivity index (χ4v) is 5.48. The maximum atomic E-state index is 15.5. The standard InChI is InChI=1S/C26H26F3N7O3S/c1-15-14-39-10-9-36(15)26-24-21(33-25(34-26)17-13-31-22(30)12-18(17)28)7-6-19(32-24)16-4-2-5-20(23(16)29)35-40(37,38)11-3-8-27/h2,4-7,12-13,15,35H,3,8-11,14H2,1H3,(H2,30,31). The Labute approximate surface area is 228 Å². The number of nitrogens with one attached hydrogen (secondary N) is 1. The van der Waals surface area contributed by atoms with Crippen LogP contribution in [0.3, 0.4) is 0 Å². The highest BCUT2D eigenvalue weighted by Gasteiger charge is 2.26. The smallest absolute Gasteiger partial charge is 0.232 e. The molecular weight excluding hydrogens is 547 g/mol. The quantitative estimate of drug-likeness (QED) is 0.321. The van der Waals surface area contributed by atoms with Gasteiger partial charge in [-0.2, -0.15) is 0 Å². The van der Waals surface area contributed by atoms with Gasteiger partial charge in [0, 0.05) is 24.4 Å². The molecule has 14 heteroatoms. The van der Waals surface area contributed by atoms with Crippen molar-refractivity contribution < 1.29 is 26.3 Å². The summed E-state index contributed by atoms with van der Waals surface area (Å²) in [5.41, 5.74) is 6.33. The van der Waals surface area contributed by atoms with Crippen LogP contribution in [-0.2, 0) is 14.8 Å². The number of halogens is 3. The first-order valence-electron chi connectivity index (χ1n) is 12.5. The highest BCUT2D eigenvalue weighted by molar-refractivity contribution is 7.92. The van der Waals surface area contributed by atoms with E-state index in [9.17, 15) is 17.2 Å². The van der Waals surface area contributed by atoms with Crippen LogP contribution in [0.1, 0.15) is 13.3 Å². The van der Waals surface area contributed by atoms with E-state index in [1.807, 2.05) is 11.8 Å². The van der Waals surface area contributed by atoms with Gasteiger partial charge in [0.15, 0.2) is 17.5 Å². The second kappa shape index (κ2) is 11.2. The summed E-state index contributed by atoms with van der Waals surface area (Å²) in [6, 6.07) is 8.35. The number of aromatic nitrogens is 4. The topological polar surface area (TPSA) is 136 Å². The number of hydrogen-bond acceptors (Lipinski definition) is 9. The van der Waals surface area contributed by atoms with E-state index >= 15 is 4.39 Å². The number of ether oxygens (including phenoxy) is 1. The molecule has 1 aliphatic heterocycles. The normalized spacial score (nSPS) is 15.9. The van der Waals surface area contributed by atoms with E-state index in [0.717, 1.165) is 6.07 Å². The molecule has 1 fully saturated rings. The van der Waals surface area contributed by atoms with Crippen molar-refractivity contribution >= 4 is 38.4 Å². The van der Waals surface area contributed by atoms with Crippen LogP contribution in [0.15, 0.2) is 42.6 Å². The molecule has 0 bridgehead atoms. The van der Waals surface area contributed by atoms with Gasteiger partial charge in [0.05, 0.1) is 54.1 Å². The number of benzene rings is 1. The maximum Gasteiger partial charge on any atom is 0.232 e. The average Bonchev–Trinajstić information content (AvgIpc) is 2.92. The SMILES string of the molecule is CC1COCCN1c1nc(-c2cnc(N)cc2F)nc2ccc(-c3cccc(NS(=O)(=O)CCCF)c3F)nc12. The molecule has 1 aliphatic rings. The molecule has 210 valence electrons. The molecule has 0 spiro atoms. The summed E-state index contributed by atoms with van der Waals surface area (Å²) >= 11 is 0. The van der Waals surface area contributed by atoms with Crippen molar-refractivity contribution in [1.82, 2.24) is 19.9 Å². The van der Waals surface area contributed by atoms with Crippen molar-refractivity contribution in [3.05, 3.63) is 54.2 Å². The minimum absolute atomic E-state index is 0.0179. The second-order valence-electron chi connectivity index (χ2n) is 9.27. The Kier molecular flexibility index (Phi) is 7.72. The second-order valence-corrected chi connectivity index (χ2v) is 11.1. The van der Waals surface area contributed by atoms with Crippen molar-refractivity contribution in [3.63, 3.8) is 0 Å². The number of alkyl halides is 1. The third kappa shape index (κ3) is 5.63. The van der Waals surface area contributed by atoms with Crippen LogP contribution in [0, 0.1) is 11.6 Å². The van der Waals surface area contributed by atoms with Gasteiger partial charge >= 0.3 is 0 Å². The molecule has 40 heavy (non-hydrogen) atoms. The van der Waals surface area contributed by atoms with Crippen LogP contribution < -0.4 is 15.4 Å². The molecule has 1 atom stereocenters. The van der Waals surface area contributed by atoms with Crippen LogP contribution in [0.25, 0.3) is 33.7 Å².